The van der Waals surface area contributed by atoms with E-state index < -0.39 is 22.9 Å². The highest BCUT2D eigenvalue weighted by Gasteiger charge is 2.39. The summed E-state index contributed by atoms with van der Waals surface area (Å²) >= 11 is 24.1. The Kier molecular flexibility index (Phi) is 6.56. The van der Waals surface area contributed by atoms with Crippen LogP contribution in [-0.4, -0.2) is 0 Å². The van der Waals surface area contributed by atoms with E-state index in [0.717, 1.165) is 0 Å². The molecule has 0 N–H and O–H groups in total. The lowest BCUT2D eigenvalue weighted by molar-refractivity contribution is -0.152. The molecule has 0 amide bonds. The fourth-order valence-electron chi connectivity index (χ4n) is 3.20. The molecule has 0 spiro atoms. The fourth-order valence-corrected chi connectivity index (χ4v) is 3.98. The summed E-state index contributed by atoms with van der Waals surface area (Å²) in [6, 6.07) is 12.5. The van der Waals surface area contributed by atoms with E-state index in [0.29, 0.717) is 15.6 Å². The third kappa shape index (κ3) is 4.80. The van der Waals surface area contributed by atoms with Gasteiger partial charge in [-0.15, -0.1) is 0 Å². The molecule has 0 unspecified atom stereocenters. The highest BCUT2D eigenvalue weighted by atomic mass is 35.5. The minimum absolute atomic E-state index is 0.0351. The number of halogens is 7. The van der Waals surface area contributed by atoms with Crippen LogP contribution in [0.15, 0.2) is 63.8 Å². The SMILES string of the molecule is O=c1c(-c2ccc(Cl)cc2)c(C(F)(F)F)oc2cc(OCc3c(Cl)ccc(Cl)c3Cl)ccc12. The third-order valence-corrected chi connectivity index (χ3v) is 6.23. The molecule has 0 aliphatic heterocycles. The van der Waals surface area contributed by atoms with E-state index in [1.807, 2.05) is 0 Å². The summed E-state index contributed by atoms with van der Waals surface area (Å²) in [5.74, 6) is -1.27. The maximum absolute atomic E-state index is 13.8. The van der Waals surface area contributed by atoms with Crippen molar-refractivity contribution in [2.75, 3.05) is 0 Å². The lowest BCUT2D eigenvalue weighted by Crippen LogP contribution is -2.16. The molecular formula is C23H11Cl4F3O3. The zero-order chi connectivity index (χ0) is 23.9. The number of alkyl halides is 3. The van der Waals surface area contributed by atoms with Gasteiger partial charge in [0.2, 0.25) is 11.2 Å². The Morgan fingerprint density at radius 3 is 2.21 bits per heavy atom. The van der Waals surface area contributed by atoms with E-state index in [1.165, 1.54) is 48.5 Å². The summed E-state index contributed by atoms with van der Waals surface area (Å²) in [5.41, 5.74) is -1.28. The summed E-state index contributed by atoms with van der Waals surface area (Å²) in [4.78, 5) is 13.0. The zero-order valence-electron chi connectivity index (χ0n) is 16.3. The molecule has 170 valence electrons. The molecule has 0 fully saturated rings. The lowest BCUT2D eigenvalue weighted by atomic mass is 10.0. The first-order valence-corrected chi connectivity index (χ1v) is 10.8. The normalized spacial score (nSPS) is 11.7. The van der Waals surface area contributed by atoms with Crippen LogP contribution in [0.5, 0.6) is 5.75 Å². The zero-order valence-corrected chi connectivity index (χ0v) is 19.3. The van der Waals surface area contributed by atoms with Gasteiger partial charge in [-0.3, -0.25) is 4.79 Å². The molecule has 0 radical (unpaired) electrons. The van der Waals surface area contributed by atoms with Crippen LogP contribution < -0.4 is 10.2 Å². The maximum atomic E-state index is 13.8. The molecule has 4 aromatic rings. The molecule has 0 saturated heterocycles. The van der Waals surface area contributed by atoms with Gasteiger partial charge in [0.15, 0.2) is 0 Å². The fraction of sp³-hybridized carbons (Fsp3) is 0.0870. The monoisotopic (exact) mass is 532 g/mol. The molecular weight excluding hydrogens is 523 g/mol. The number of rotatable bonds is 4. The number of ether oxygens (including phenoxy) is 1. The number of hydrogen-bond donors (Lipinski definition) is 0. The second-order valence-electron chi connectivity index (χ2n) is 6.91. The standard InChI is InChI=1S/C23H11Cl4F3O3/c24-12-3-1-11(2-4-12)19-21(31)14-6-5-13(9-18(14)33-22(19)23(28,29)30)32-10-15-16(25)7-8-17(26)20(15)27/h1-9H,10H2. The second kappa shape index (κ2) is 9.11. The summed E-state index contributed by atoms with van der Waals surface area (Å²) < 4.78 is 52.2. The molecule has 0 aliphatic carbocycles. The smallest absolute Gasteiger partial charge is 0.450 e. The molecule has 33 heavy (non-hydrogen) atoms. The Hall–Kier alpha value is -2.38. The Bertz CT molecular complexity index is 1410. The van der Waals surface area contributed by atoms with Gasteiger partial charge in [-0.1, -0.05) is 58.5 Å². The highest BCUT2D eigenvalue weighted by molar-refractivity contribution is 6.44. The van der Waals surface area contributed by atoms with Crippen LogP contribution in [0.1, 0.15) is 11.3 Å². The molecule has 4 rings (SSSR count). The van der Waals surface area contributed by atoms with Gasteiger partial charge >= 0.3 is 6.18 Å². The summed E-state index contributed by atoms with van der Waals surface area (Å²) in [6.07, 6.45) is -4.92. The molecule has 0 bridgehead atoms. The van der Waals surface area contributed by atoms with E-state index in [9.17, 15) is 18.0 Å². The summed E-state index contributed by atoms with van der Waals surface area (Å²) in [7, 11) is 0. The average Bonchev–Trinajstić information content (AvgIpc) is 2.76. The first kappa shape index (κ1) is 23.8. The van der Waals surface area contributed by atoms with Gasteiger partial charge in [0, 0.05) is 21.7 Å². The molecule has 10 heteroatoms. The van der Waals surface area contributed by atoms with Gasteiger partial charge in [0.25, 0.3) is 0 Å². The van der Waals surface area contributed by atoms with Crippen molar-refractivity contribution in [3.05, 3.63) is 96.2 Å². The average molecular weight is 534 g/mol. The molecule has 1 aromatic heterocycles. The Balaban J connectivity index is 1.79. The van der Waals surface area contributed by atoms with Gasteiger partial charge in [-0.2, -0.15) is 13.2 Å². The maximum Gasteiger partial charge on any atom is 0.450 e. The first-order valence-electron chi connectivity index (χ1n) is 9.25. The number of benzene rings is 3. The molecule has 0 saturated carbocycles. The molecule has 3 nitrogen and oxygen atoms in total. The highest BCUT2D eigenvalue weighted by Crippen LogP contribution is 2.38. The van der Waals surface area contributed by atoms with Crippen LogP contribution >= 0.6 is 46.4 Å². The van der Waals surface area contributed by atoms with Crippen molar-refractivity contribution in [3.63, 3.8) is 0 Å². The van der Waals surface area contributed by atoms with Crippen molar-refractivity contribution in [2.45, 2.75) is 12.8 Å². The van der Waals surface area contributed by atoms with Gasteiger partial charge in [0.05, 0.1) is 21.0 Å². The van der Waals surface area contributed by atoms with Gasteiger partial charge in [-0.05, 0) is 42.0 Å². The van der Waals surface area contributed by atoms with Crippen molar-refractivity contribution in [1.29, 1.82) is 0 Å². The van der Waals surface area contributed by atoms with E-state index in [-0.39, 0.29) is 38.9 Å². The van der Waals surface area contributed by atoms with Gasteiger partial charge < -0.3 is 9.15 Å². The van der Waals surface area contributed by atoms with Crippen LogP contribution in [0, 0.1) is 0 Å². The van der Waals surface area contributed by atoms with Gasteiger partial charge in [0.1, 0.15) is 17.9 Å². The van der Waals surface area contributed by atoms with Crippen LogP contribution in [0.4, 0.5) is 13.2 Å². The lowest BCUT2D eigenvalue weighted by Gasteiger charge is -2.14. The molecule has 1 heterocycles. The third-order valence-electron chi connectivity index (χ3n) is 4.78. The second-order valence-corrected chi connectivity index (χ2v) is 8.54. The largest absolute Gasteiger partial charge is 0.489 e. The molecule has 3 aromatic carbocycles. The Morgan fingerprint density at radius 2 is 1.55 bits per heavy atom. The van der Waals surface area contributed by atoms with E-state index in [1.54, 1.807) is 6.07 Å². The predicted molar refractivity (Wildman–Crippen MR) is 124 cm³/mol. The predicted octanol–water partition coefficient (Wildman–Crippen LogP) is 8.67. The number of hydrogen-bond acceptors (Lipinski definition) is 3. The van der Waals surface area contributed by atoms with Crippen molar-refractivity contribution in [3.8, 4) is 16.9 Å². The summed E-state index contributed by atoms with van der Waals surface area (Å²) in [5, 5.41) is 1.05. The van der Waals surface area contributed by atoms with E-state index in [4.69, 9.17) is 55.6 Å². The van der Waals surface area contributed by atoms with Crippen LogP contribution in [-0.2, 0) is 12.8 Å². The minimum atomic E-state index is -4.92. The van der Waals surface area contributed by atoms with Crippen molar-refractivity contribution >= 4 is 57.4 Å². The molecule has 0 atom stereocenters. The van der Waals surface area contributed by atoms with E-state index >= 15 is 0 Å². The van der Waals surface area contributed by atoms with E-state index in [2.05, 4.69) is 0 Å². The van der Waals surface area contributed by atoms with Crippen molar-refractivity contribution in [2.24, 2.45) is 0 Å². The first-order chi connectivity index (χ1) is 15.6. The number of fused-ring (bicyclic) bond motifs is 1. The van der Waals surface area contributed by atoms with Crippen LogP contribution in [0.2, 0.25) is 20.1 Å². The van der Waals surface area contributed by atoms with Crippen molar-refractivity contribution in [1.82, 2.24) is 0 Å². The topological polar surface area (TPSA) is 39.4 Å². The van der Waals surface area contributed by atoms with Crippen LogP contribution in [0.25, 0.3) is 22.1 Å². The summed E-state index contributed by atoms with van der Waals surface area (Å²) in [6.45, 7) is -0.108. The van der Waals surface area contributed by atoms with Crippen LogP contribution in [0.3, 0.4) is 0 Å². The van der Waals surface area contributed by atoms with Crippen molar-refractivity contribution < 1.29 is 22.3 Å². The Morgan fingerprint density at radius 1 is 0.879 bits per heavy atom. The Labute approximate surface area is 205 Å². The minimum Gasteiger partial charge on any atom is -0.489 e. The van der Waals surface area contributed by atoms with Gasteiger partial charge in [-0.25, -0.2) is 0 Å². The molecule has 0 aliphatic rings. The quantitative estimate of drug-likeness (QED) is 0.246.